The van der Waals surface area contributed by atoms with Gasteiger partial charge in [0.25, 0.3) is 20.0 Å². The zero-order chi connectivity index (χ0) is 26.1. The van der Waals surface area contributed by atoms with Crippen LogP contribution in [0.3, 0.4) is 0 Å². The number of benzene rings is 2. The molecule has 0 atom stereocenters. The van der Waals surface area contributed by atoms with Crippen molar-refractivity contribution in [1.29, 1.82) is 0 Å². The molecular weight excluding hydrogens is 494 g/mol. The summed E-state index contributed by atoms with van der Waals surface area (Å²) >= 11 is 0. The number of unbranched alkanes of at least 4 members (excludes halogenated alkanes) is 9. The second kappa shape index (κ2) is 13.0. The molecule has 0 radical (unpaired) electrons. The molecule has 0 aliphatic heterocycles. The van der Waals surface area contributed by atoms with Crippen molar-refractivity contribution in [3.05, 3.63) is 36.4 Å². The third kappa shape index (κ3) is 7.74. The van der Waals surface area contributed by atoms with Gasteiger partial charge in [0.2, 0.25) is 0 Å². The first-order valence-corrected chi connectivity index (χ1v) is 14.7. The minimum absolute atomic E-state index is 0.280. The molecule has 0 fully saturated rings. The first kappa shape index (κ1) is 28.7. The van der Waals surface area contributed by atoms with E-state index >= 15 is 0 Å². The highest BCUT2D eigenvalue weighted by molar-refractivity contribution is 8.04. The van der Waals surface area contributed by atoms with E-state index < -0.39 is 52.8 Å². The van der Waals surface area contributed by atoms with E-state index in [9.17, 15) is 37.3 Å². The monoisotopic (exact) mass is 529 g/mol. The van der Waals surface area contributed by atoms with Crippen LogP contribution in [0.5, 0.6) is 23.0 Å². The van der Waals surface area contributed by atoms with Crippen molar-refractivity contribution in [2.24, 2.45) is 0 Å². The molecule has 0 bridgehead atoms. The summed E-state index contributed by atoms with van der Waals surface area (Å²) in [6.07, 6.45) is 9.77. The highest BCUT2D eigenvalue weighted by atomic mass is 32.3. The highest BCUT2D eigenvalue weighted by Gasteiger charge is 2.37. The summed E-state index contributed by atoms with van der Waals surface area (Å²) in [7, 11) is -9.30. The van der Waals surface area contributed by atoms with Crippen molar-refractivity contribution in [1.82, 2.24) is 3.71 Å². The van der Waals surface area contributed by atoms with Crippen LogP contribution < -0.4 is 0 Å². The molecule has 4 N–H and O–H groups in total. The van der Waals surface area contributed by atoms with E-state index in [-0.39, 0.29) is 13.0 Å². The van der Waals surface area contributed by atoms with Crippen molar-refractivity contribution in [3.63, 3.8) is 0 Å². The first-order valence-electron chi connectivity index (χ1n) is 11.8. The van der Waals surface area contributed by atoms with Crippen LogP contribution in [0, 0.1) is 0 Å². The van der Waals surface area contributed by atoms with Gasteiger partial charge in [0.1, 0.15) is 0 Å². The second-order valence-corrected chi connectivity index (χ2v) is 12.4. The van der Waals surface area contributed by atoms with Gasteiger partial charge >= 0.3 is 0 Å². The van der Waals surface area contributed by atoms with Gasteiger partial charge in [0, 0.05) is 18.7 Å². The lowest BCUT2D eigenvalue weighted by atomic mass is 10.1. The number of phenolic OH excluding ortho intramolecular Hbond substituents is 4. The lowest BCUT2D eigenvalue weighted by Crippen LogP contribution is -2.37. The number of nitrogens with zero attached hydrogens (tertiary/aromatic N) is 1. The molecule has 0 aliphatic rings. The fourth-order valence-electron chi connectivity index (χ4n) is 3.66. The lowest BCUT2D eigenvalue weighted by molar-refractivity contribution is 0.401. The number of rotatable bonds is 15. The molecule has 0 amide bonds. The predicted octanol–water partition coefficient (Wildman–Crippen LogP) is 4.81. The van der Waals surface area contributed by atoms with Gasteiger partial charge in [0.15, 0.2) is 23.0 Å². The number of hydrogen-bond donors (Lipinski definition) is 4. The van der Waals surface area contributed by atoms with Crippen molar-refractivity contribution in [2.75, 3.05) is 6.54 Å². The van der Waals surface area contributed by atoms with Crippen LogP contribution in [0.15, 0.2) is 46.2 Å². The van der Waals surface area contributed by atoms with Crippen LogP contribution >= 0.6 is 0 Å². The van der Waals surface area contributed by atoms with Crippen LogP contribution in [-0.4, -0.2) is 47.5 Å². The molecule has 196 valence electrons. The first-order chi connectivity index (χ1) is 16.5. The van der Waals surface area contributed by atoms with Crippen LogP contribution in [0.1, 0.15) is 71.1 Å². The molecule has 0 saturated carbocycles. The number of phenols is 4. The van der Waals surface area contributed by atoms with Gasteiger partial charge < -0.3 is 20.4 Å². The molecule has 2 aromatic carbocycles. The summed E-state index contributed by atoms with van der Waals surface area (Å²) in [5.74, 6) is -2.50. The van der Waals surface area contributed by atoms with Crippen molar-refractivity contribution >= 4 is 20.0 Å². The molecule has 0 unspecified atom stereocenters. The standard InChI is InChI=1S/C24H35NO8S2/c1-2-3-4-5-6-7-8-9-10-11-16-25(34(30,31)19-12-14-21(26)23(28)17-19)35(32,33)20-13-15-22(27)24(29)18-20/h12-15,17-18,26-29H,2-11,16H2,1H3. The topological polar surface area (TPSA) is 152 Å². The number of sulfonamides is 2. The molecule has 9 nitrogen and oxygen atoms in total. The zero-order valence-corrected chi connectivity index (χ0v) is 21.6. The van der Waals surface area contributed by atoms with Gasteiger partial charge in [-0.15, -0.1) is 0 Å². The normalized spacial score (nSPS) is 12.3. The maximum atomic E-state index is 13.3. The molecule has 35 heavy (non-hydrogen) atoms. The number of aromatic hydroxyl groups is 4. The minimum Gasteiger partial charge on any atom is -0.504 e. The quantitative estimate of drug-likeness (QED) is 0.189. The van der Waals surface area contributed by atoms with Crippen LogP contribution in [-0.2, 0) is 20.0 Å². The summed E-state index contributed by atoms with van der Waals surface area (Å²) in [5.41, 5.74) is 0. The Labute approximate surface area is 207 Å². The molecule has 11 heteroatoms. The third-order valence-electron chi connectivity index (χ3n) is 5.72. The van der Waals surface area contributed by atoms with Gasteiger partial charge in [-0.1, -0.05) is 68.4 Å². The fourth-order valence-corrected chi connectivity index (χ4v) is 7.42. The Morgan fingerprint density at radius 2 is 0.943 bits per heavy atom. The Bertz CT molecular complexity index is 1100. The maximum Gasteiger partial charge on any atom is 0.256 e. The Kier molecular flexibility index (Phi) is 10.7. The summed E-state index contributed by atoms with van der Waals surface area (Å²) in [6.45, 7) is 1.82. The molecule has 0 heterocycles. The van der Waals surface area contributed by atoms with E-state index in [2.05, 4.69) is 6.92 Å². The van der Waals surface area contributed by atoms with Crippen LogP contribution in [0.25, 0.3) is 0 Å². The van der Waals surface area contributed by atoms with E-state index in [4.69, 9.17) is 0 Å². The molecule has 2 aromatic rings. The largest absolute Gasteiger partial charge is 0.504 e. The van der Waals surface area contributed by atoms with E-state index in [1.165, 1.54) is 25.7 Å². The van der Waals surface area contributed by atoms with Crippen molar-refractivity contribution in [2.45, 2.75) is 80.9 Å². The van der Waals surface area contributed by atoms with E-state index in [1.54, 1.807) is 0 Å². The SMILES string of the molecule is CCCCCCCCCCCCN(S(=O)(=O)c1ccc(O)c(O)c1)S(=O)(=O)c1ccc(O)c(O)c1. The van der Waals surface area contributed by atoms with Crippen LogP contribution in [0.4, 0.5) is 0 Å². The fraction of sp³-hybridized carbons (Fsp3) is 0.500. The van der Waals surface area contributed by atoms with E-state index in [0.717, 1.165) is 62.1 Å². The van der Waals surface area contributed by atoms with E-state index in [0.29, 0.717) is 10.1 Å². The predicted molar refractivity (Wildman–Crippen MR) is 132 cm³/mol. The van der Waals surface area contributed by atoms with Gasteiger partial charge in [-0.25, -0.2) is 16.8 Å². The van der Waals surface area contributed by atoms with E-state index in [1.807, 2.05) is 0 Å². The summed E-state index contributed by atoms with van der Waals surface area (Å²) in [5, 5.41) is 38.5. The molecular formula is C24H35NO8S2. The molecule has 0 aliphatic carbocycles. The average molecular weight is 530 g/mol. The maximum absolute atomic E-state index is 13.3. The molecule has 0 saturated heterocycles. The minimum atomic E-state index is -4.65. The highest BCUT2D eigenvalue weighted by Crippen LogP contribution is 2.33. The molecule has 0 spiro atoms. The van der Waals surface area contributed by atoms with Crippen LogP contribution in [0.2, 0.25) is 0 Å². The Morgan fingerprint density at radius 3 is 1.31 bits per heavy atom. The number of hydrogen-bond acceptors (Lipinski definition) is 8. The molecule has 2 rings (SSSR count). The van der Waals surface area contributed by atoms with Crippen molar-refractivity contribution < 1.29 is 37.3 Å². The second-order valence-electron chi connectivity index (χ2n) is 8.49. The summed E-state index contributed by atoms with van der Waals surface area (Å²) in [4.78, 5) is -1.02. The Hall–Kier alpha value is -2.50. The van der Waals surface area contributed by atoms with Gasteiger partial charge in [-0.2, -0.15) is 0 Å². The summed E-state index contributed by atoms with van der Waals surface area (Å²) < 4.78 is 53.5. The van der Waals surface area contributed by atoms with Gasteiger partial charge in [-0.3, -0.25) is 0 Å². The third-order valence-corrected chi connectivity index (χ3v) is 10.0. The van der Waals surface area contributed by atoms with Gasteiger partial charge in [-0.05, 0) is 30.7 Å². The molecule has 0 aromatic heterocycles. The Morgan fingerprint density at radius 1 is 0.571 bits per heavy atom. The van der Waals surface area contributed by atoms with Crippen molar-refractivity contribution in [3.8, 4) is 23.0 Å². The Balaban J connectivity index is 2.18. The lowest BCUT2D eigenvalue weighted by Gasteiger charge is -2.22. The van der Waals surface area contributed by atoms with Gasteiger partial charge in [0.05, 0.1) is 9.79 Å². The zero-order valence-electron chi connectivity index (χ0n) is 19.9. The average Bonchev–Trinajstić information content (AvgIpc) is 2.80. The smallest absolute Gasteiger partial charge is 0.256 e. The summed E-state index contributed by atoms with van der Waals surface area (Å²) in [6, 6.07) is 5.47.